The largest absolute Gasteiger partial charge is 0.508 e. The summed E-state index contributed by atoms with van der Waals surface area (Å²) in [6.45, 7) is 0.961. The summed E-state index contributed by atoms with van der Waals surface area (Å²) in [6, 6.07) is 14.8. The number of nitrogens with one attached hydrogen (secondary N) is 1. The van der Waals surface area contributed by atoms with Crippen LogP contribution in [0, 0.1) is 0 Å². The smallest absolute Gasteiger partial charge is 0.224 e. The van der Waals surface area contributed by atoms with E-state index in [4.69, 9.17) is 0 Å². The predicted molar refractivity (Wildman–Crippen MR) is 108 cm³/mol. The van der Waals surface area contributed by atoms with Gasteiger partial charge in [0, 0.05) is 30.6 Å². The number of carbonyl (C=O) groups is 1. The van der Waals surface area contributed by atoms with Crippen LogP contribution in [-0.4, -0.2) is 25.8 Å². The third-order valence-corrected chi connectivity index (χ3v) is 5.15. The van der Waals surface area contributed by atoms with Crippen molar-refractivity contribution < 1.29 is 9.90 Å². The van der Waals surface area contributed by atoms with E-state index in [9.17, 15) is 9.90 Å². The fraction of sp³-hybridized carbons (Fsp3) is 0.318. The van der Waals surface area contributed by atoms with Gasteiger partial charge in [-0.15, -0.1) is 10.2 Å². The summed E-state index contributed by atoms with van der Waals surface area (Å²) in [5.74, 6) is 2.11. The van der Waals surface area contributed by atoms with Crippen molar-refractivity contribution in [3.05, 3.63) is 59.9 Å². The molecule has 2 N–H and O–H groups in total. The number of phenolic OH excluding ortho intramolecular Hbond substituents is 1. The van der Waals surface area contributed by atoms with Crippen molar-refractivity contribution in [3.8, 4) is 17.1 Å². The second kappa shape index (κ2) is 8.25. The van der Waals surface area contributed by atoms with Gasteiger partial charge in [-0.2, -0.15) is 0 Å². The van der Waals surface area contributed by atoms with Crippen molar-refractivity contribution in [2.75, 3.05) is 5.32 Å². The summed E-state index contributed by atoms with van der Waals surface area (Å²) >= 11 is 0. The molecule has 0 bridgehead atoms. The van der Waals surface area contributed by atoms with Crippen LogP contribution in [0.25, 0.3) is 11.4 Å². The Bertz CT molecular complexity index is 963. The lowest BCUT2D eigenvalue weighted by molar-refractivity contribution is -0.116. The van der Waals surface area contributed by atoms with Gasteiger partial charge in [-0.1, -0.05) is 24.6 Å². The number of benzene rings is 2. The molecule has 6 nitrogen and oxygen atoms in total. The number of hydrogen-bond acceptors (Lipinski definition) is 4. The number of carbonyl (C=O) groups excluding carboxylic acids is 1. The van der Waals surface area contributed by atoms with Crippen molar-refractivity contribution in [3.63, 3.8) is 0 Å². The number of hydrogen-bond donors (Lipinski definition) is 2. The summed E-state index contributed by atoms with van der Waals surface area (Å²) < 4.78 is 2.22. The predicted octanol–water partition coefficient (Wildman–Crippen LogP) is 3.95. The third-order valence-electron chi connectivity index (χ3n) is 5.15. The van der Waals surface area contributed by atoms with Crippen molar-refractivity contribution in [1.82, 2.24) is 14.8 Å². The van der Waals surface area contributed by atoms with Crippen molar-refractivity contribution in [2.24, 2.45) is 0 Å². The van der Waals surface area contributed by atoms with E-state index in [1.165, 1.54) is 12.8 Å². The maximum absolute atomic E-state index is 12.2. The average Bonchev–Trinajstić information content (AvgIpc) is 2.96. The lowest BCUT2D eigenvalue weighted by Crippen LogP contribution is -2.12. The molecule has 0 saturated heterocycles. The second-order valence-corrected chi connectivity index (χ2v) is 7.16. The lowest BCUT2D eigenvalue weighted by atomic mass is 10.1. The van der Waals surface area contributed by atoms with E-state index in [1.807, 2.05) is 36.4 Å². The Morgan fingerprint density at radius 1 is 1.04 bits per heavy atom. The molecule has 1 amide bonds. The van der Waals surface area contributed by atoms with Gasteiger partial charge in [0.2, 0.25) is 5.91 Å². The molecule has 144 valence electrons. The van der Waals surface area contributed by atoms with Gasteiger partial charge in [-0.05, 0) is 55.2 Å². The third kappa shape index (κ3) is 4.06. The molecule has 0 saturated carbocycles. The van der Waals surface area contributed by atoms with E-state index in [2.05, 4.69) is 20.1 Å². The van der Waals surface area contributed by atoms with E-state index >= 15 is 0 Å². The number of amides is 1. The zero-order valence-corrected chi connectivity index (χ0v) is 15.8. The van der Waals surface area contributed by atoms with Crippen LogP contribution in [0.15, 0.2) is 48.5 Å². The standard InChI is InChI=1S/C22H24N4O2/c27-19-7-4-3-6-16(19)11-14-21(28)23-18-12-9-17(10-13-18)22-25-24-20-8-2-1-5-15-26(20)22/h3-4,6-7,9-10,12-13,27H,1-2,5,8,11,14-15H2,(H,23,28). The van der Waals surface area contributed by atoms with Gasteiger partial charge in [0.25, 0.3) is 0 Å². The molecule has 1 aromatic heterocycles. The first-order valence-corrected chi connectivity index (χ1v) is 9.80. The van der Waals surface area contributed by atoms with Crippen LogP contribution in [0.2, 0.25) is 0 Å². The normalized spacial score (nSPS) is 13.6. The number of aromatic nitrogens is 3. The number of para-hydroxylation sites is 1. The Morgan fingerprint density at radius 3 is 2.68 bits per heavy atom. The van der Waals surface area contributed by atoms with Crippen LogP contribution in [0.1, 0.15) is 37.1 Å². The summed E-state index contributed by atoms with van der Waals surface area (Å²) in [6.07, 6.45) is 5.36. The molecule has 2 aromatic carbocycles. The van der Waals surface area contributed by atoms with E-state index in [-0.39, 0.29) is 11.7 Å². The minimum absolute atomic E-state index is 0.0765. The zero-order valence-electron chi connectivity index (χ0n) is 15.8. The van der Waals surface area contributed by atoms with Gasteiger partial charge in [0.05, 0.1) is 0 Å². The highest BCUT2D eigenvalue weighted by atomic mass is 16.3. The van der Waals surface area contributed by atoms with E-state index in [0.29, 0.717) is 12.8 Å². The Labute approximate surface area is 164 Å². The van der Waals surface area contributed by atoms with Crippen molar-refractivity contribution in [2.45, 2.75) is 45.1 Å². The summed E-state index contributed by atoms with van der Waals surface area (Å²) in [4.78, 5) is 12.2. The number of aromatic hydroxyl groups is 1. The van der Waals surface area contributed by atoms with Crippen molar-refractivity contribution in [1.29, 1.82) is 0 Å². The van der Waals surface area contributed by atoms with Gasteiger partial charge in [0.1, 0.15) is 11.6 Å². The van der Waals surface area contributed by atoms with Gasteiger partial charge >= 0.3 is 0 Å². The average molecular weight is 376 g/mol. The molecule has 2 heterocycles. The number of phenols is 1. The molecule has 1 aliphatic heterocycles. The Balaban J connectivity index is 1.39. The molecule has 0 aliphatic carbocycles. The molecule has 4 rings (SSSR count). The molecule has 0 fully saturated rings. The van der Waals surface area contributed by atoms with Crippen LogP contribution in [-0.2, 0) is 24.2 Å². The molecule has 0 atom stereocenters. The lowest BCUT2D eigenvalue weighted by Gasteiger charge is -2.09. The highest BCUT2D eigenvalue weighted by molar-refractivity contribution is 5.91. The first-order chi connectivity index (χ1) is 13.7. The first kappa shape index (κ1) is 18.2. The highest BCUT2D eigenvalue weighted by Gasteiger charge is 2.16. The summed E-state index contributed by atoms with van der Waals surface area (Å²) in [5.41, 5.74) is 2.54. The van der Waals surface area contributed by atoms with Gasteiger partial charge < -0.3 is 15.0 Å². The molecule has 28 heavy (non-hydrogen) atoms. The van der Waals surface area contributed by atoms with Gasteiger partial charge in [-0.25, -0.2) is 0 Å². The van der Waals surface area contributed by atoms with E-state index < -0.39 is 0 Å². The summed E-state index contributed by atoms with van der Waals surface area (Å²) in [7, 11) is 0. The van der Waals surface area contributed by atoms with Crippen LogP contribution in [0.3, 0.4) is 0 Å². The monoisotopic (exact) mass is 376 g/mol. The molecular weight excluding hydrogens is 352 g/mol. The molecule has 0 radical (unpaired) electrons. The molecule has 0 spiro atoms. The maximum atomic E-state index is 12.2. The molecule has 0 unspecified atom stereocenters. The van der Waals surface area contributed by atoms with Gasteiger partial charge in [0.15, 0.2) is 5.82 Å². The quantitative estimate of drug-likeness (QED) is 0.707. The Morgan fingerprint density at radius 2 is 1.86 bits per heavy atom. The topological polar surface area (TPSA) is 80.0 Å². The SMILES string of the molecule is O=C(CCc1ccccc1O)Nc1ccc(-c2nnc3n2CCCCC3)cc1. The van der Waals surface area contributed by atoms with Crippen LogP contribution < -0.4 is 5.32 Å². The Kier molecular flexibility index (Phi) is 5.37. The maximum Gasteiger partial charge on any atom is 0.224 e. The van der Waals surface area contributed by atoms with E-state index in [0.717, 1.165) is 47.8 Å². The first-order valence-electron chi connectivity index (χ1n) is 9.80. The fourth-order valence-corrected chi connectivity index (χ4v) is 3.60. The molecule has 3 aromatic rings. The van der Waals surface area contributed by atoms with Gasteiger partial charge in [-0.3, -0.25) is 4.79 Å². The number of aryl methyl sites for hydroxylation is 2. The van der Waals surface area contributed by atoms with Crippen molar-refractivity contribution >= 4 is 11.6 Å². The molecule has 6 heteroatoms. The number of rotatable bonds is 5. The Hall–Kier alpha value is -3.15. The number of anilines is 1. The second-order valence-electron chi connectivity index (χ2n) is 7.16. The van der Waals surface area contributed by atoms with E-state index in [1.54, 1.807) is 12.1 Å². The minimum atomic E-state index is -0.0765. The number of nitrogens with zero attached hydrogens (tertiary/aromatic N) is 3. The summed E-state index contributed by atoms with van der Waals surface area (Å²) in [5, 5.41) is 21.4. The highest BCUT2D eigenvalue weighted by Crippen LogP contribution is 2.24. The zero-order chi connectivity index (χ0) is 19.3. The van der Waals surface area contributed by atoms with Crippen LogP contribution in [0.4, 0.5) is 5.69 Å². The minimum Gasteiger partial charge on any atom is -0.508 e. The molecule has 1 aliphatic rings. The van der Waals surface area contributed by atoms with Crippen LogP contribution >= 0.6 is 0 Å². The fourth-order valence-electron chi connectivity index (χ4n) is 3.60. The van der Waals surface area contributed by atoms with Crippen LogP contribution in [0.5, 0.6) is 5.75 Å². The molecular formula is C22H24N4O2. The number of fused-ring (bicyclic) bond motifs is 1.